The molecule has 1 aliphatic rings. The Kier molecular flexibility index (Phi) is 3.75. The number of likely N-dealkylation sites (tertiary alicyclic amines) is 1. The van der Waals surface area contributed by atoms with Crippen LogP contribution < -0.4 is 5.73 Å². The summed E-state index contributed by atoms with van der Waals surface area (Å²) in [6.45, 7) is 3.07. The topological polar surface area (TPSA) is 29.3 Å². The molecule has 0 aliphatic carbocycles. The van der Waals surface area contributed by atoms with Crippen molar-refractivity contribution in [1.29, 1.82) is 0 Å². The van der Waals surface area contributed by atoms with Gasteiger partial charge in [0.1, 0.15) is 0 Å². The van der Waals surface area contributed by atoms with E-state index in [0.717, 1.165) is 12.6 Å². The molecule has 1 aliphatic heterocycles. The highest BCUT2D eigenvalue weighted by Crippen LogP contribution is 2.20. The first kappa shape index (κ1) is 10.7. The molecule has 0 amide bonds. The number of benzene rings is 1. The summed E-state index contributed by atoms with van der Waals surface area (Å²) in [5.41, 5.74) is 7.10. The molecule has 0 aromatic heterocycles. The van der Waals surface area contributed by atoms with Crippen molar-refractivity contribution in [3.8, 4) is 0 Å². The van der Waals surface area contributed by atoms with E-state index in [1.807, 2.05) is 0 Å². The van der Waals surface area contributed by atoms with Gasteiger partial charge in [-0.05, 0) is 43.8 Å². The lowest BCUT2D eigenvalue weighted by molar-refractivity contribution is 0.188. The van der Waals surface area contributed by atoms with Gasteiger partial charge in [-0.1, -0.05) is 30.3 Å². The van der Waals surface area contributed by atoms with Gasteiger partial charge in [0.05, 0.1) is 0 Å². The lowest BCUT2D eigenvalue weighted by Crippen LogP contribution is -2.38. The number of hydrogen-bond donors (Lipinski definition) is 1. The Morgan fingerprint density at radius 1 is 1.13 bits per heavy atom. The third-order valence-electron chi connectivity index (χ3n) is 3.33. The van der Waals surface area contributed by atoms with Crippen molar-refractivity contribution in [2.24, 2.45) is 11.7 Å². The third-order valence-corrected chi connectivity index (χ3v) is 3.33. The molecule has 0 spiro atoms. The molecule has 0 saturated carbocycles. The fourth-order valence-corrected chi connectivity index (χ4v) is 2.32. The smallest absolute Gasteiger partial charge is 0.0455 e. The summed E-state index contributed by atoms with van der Waals surface area (Å²) in [6.07, 6.45) is 3.83. The van der Waals surface area contributed by atoms with Gasteiger partial charge in [-0.3, -0.25) is 4.90 Å². The molecule has 0 atom stereocenters. The molecule has 2 N–H and O–H groups in total. The maximum absolute atomic E-state index is 5.63. The zero-order valence-electron chi connectivity index (χ0n) is 9.23. The van der Waals surface area contributed by atoms with Crippen LogP contribution in [0.25, 0.3) is 0 Å². The summed E-state index contributed by atoms with van der Waals surface area (Å²) in [7, 11) is 0. The van der Waals surface area contributed by atoms with E-state index in [4.69, 9.17) is 5.73 Å². The molecule has 1 aromatic rings. The zero-order valence-corrected chi connectivity index (χ0v) is 9.23. The van der Waals surface area contributed by atoms with Crippen LogP contribution in [0.5, 0.6) is 0 Å². The molecule has 2 nitrogen and oxygen atoms in total. The van der Waals surface area contributed by atoms with Crippen molar-refractivity contribution >= 4 is 0 Å². The first-order valence-corrected chi connectivity index (χ1v) is 5.85. The number of nitrogens with two attached hydrogens (primary N) is 1. The first-order valence-electron chi connectivity index (χ1n) is 5.85. The van der Waals surface area contributed by atoms with E-state index < -0.39 is 0 Å². The summed E-state index contributed by atoms with van der Waals surface area (Å²) in [6, 6.07) is 10.8. The average molecular weight is 204 g/mol. The fourth-order valence-electron chi connectivity index (χ4n) is 2.32. The Morgan fingerprint density at radius 3 is 2.40 bits per heavy atom. The highest BCUT2D eigenvalue weighted by molar-refractivity contribution is 5.15. The van der Waals surface area contributed by atoms with Gasteiger partial charge in [0, 0.05) is 6.67 Å². The summed E-state index contributed by atoms with van der Waals surface area (Å²) < 4.78 is 0. The summed E-state index contributed by atoms with van der Waals surface area (Å²) in [5, 5.41) is 0. The Labute approximate surface area is 92.1 Å². The quantitative estimate of drug-likeness (QED) is 0.814. The Morgan fingerprint density at radius 2 is 1.80 bits per heavy atom. The highest BCUT2D eigenvalue weighted by atomic mass is 15.2. The second-order valence-corrected chi connectivity index (χ2v) is 4.43. The van der Waals surface area contributed by atoms with E-state index in [9.17, 15) is 0 Å². The minimum Gasteiger partial charge on any atom is -0.318 e. The number of rotatable bonds is 3. The Balaban J connectivity index is 1.82. The van der Waals surface area contributed by atoms with Crippen LogP contribution in [0.4, 0.5) is 0 Å². The lowest BCUT2D eigenvalue weighted by Gasteiger charge is -2.30. The molecule has 1 saturated heterocycles. The van der Waals surface area contributed by atoms with Crippen molar-refractivity contribution in [3.63, 3.8) is 0 Å². The van der Waals surface area contributed by atoms with E-state index in [1.165, 1.54) is 37.9 Å². The van der Waals surface area contributed by atoms with Gasteiger partial charge in [0.25, 0.3) is 0 Å². The van der Waals surface area contributed by atoms with Crippen molar-refractivity contribution in [2.45, 2.75) is 19.3 Å². The summed E-state index contributed by atoms with van der Waals surface area (Å²) in [5.74, 6) is 0.857. The molecule has 1 fully saturated rings. The van der Waals surface area contributed by atoms with Crippen LogP contribution in [0.2, 0.25) is 0 Å². The van der Waals surface area contributed by atoms with Crippen molar-refractivity contribution < 1.29 is 0 Å². The monoisotopic (exact) mass is 204 g/mol. The largest absolute Gasteiger partial charge is 0.318 e. The fraction of sp³-hybridized carbons (Fsp3) is 0.538. The van der Waals surface area contributed by atoms with Crippen LogP contribution in [0.1, 0.15) is 18.4 Å². The van der Waals surface area contributed by atoms with Crippen LogP contribution in [-0.2, 0) is 6.42 Å². The van der Waals surface area contributed by atoms with E-state index >= 15 is 0 Å². The molecule has 15 heavy (non-hydrogen) atoms. The van der Waals surface area contributed by atoms with Crippen LogP contribution in [0.15, 0.2) is 30.3 Å². The second-order valence-electron chi connectivity index (χ2n) is 4.43. The minimum atomic E-state index is 0.720. The number of hydrogen-bond acceptors (Lipinski definition) is 2. The summed E-state index contributed by atoms with van der Waals surface area (Å²) in [4.78, 5) is 2.33. The van der Waals surface area contributed by atoms with E-state index in [0.29, 0.717) is 0 Å². The highest BCUT2D eigenvalue weighted by Gasteiger charge is 2.17. The molecule has 1 heterocycles. The minimum absolute atomic E-state index is 0.720. The molecule has 2 heteroatoms. The molecular formula is C13H20N2. The molecule has 2 rings (SSSR count). The predicted octanol–water partition coefficient (Wildman–Crippen LogP) is 1.86. The van der Waals surface area contributed by atoms with Gasteiger partial charge >= 0.3 is 0 Å². The van der Waals surface area contributed by atoms with E-state index in [-0.39, 0.29) is 0 Å². The van der Waals surface area contributed by atoms with E-state index in [1.54, 1.807) is 0 Å². The van der Waals surface area contributed by atoms with Crippen LogP contribution in [0, 0.1) is 5.92 Å². The zero-order chi connectivity index (χ0) is 10.5. The van der Waals surface area contributed by atoms with Gasteiger partial charge in [0.2, 0.25) is 0 Å². The maximum atomic E-state index is 5.63. The van der Waals surface area contributed by atoms with Crippen molar-refractivity contribution in [1.82, 2.24) is 4.90 Å². The van der Waals surface area contributed by atoms with Crippen molar-refractivity contribution in [3.05, 3.63) is 35.9 Å². The van der Waals surface area contributed by atoms with Gasteiger partial charge in [-0.25, -0.2) is 0 Å². The van der Waals surface area contributed by atoms with Gasteiger partial charge in [0.15, 0.2) is 0 Å². The third kappa shape index (κ3) is 3.05. The average Bonchev–Trinajstić information content (AvgIpc) is 2.31. The number of piperidine rings is 1. The predicted molar refractivity (Wildman–Crippen MR) is 63.5 cm³/mol. The Hall–Kier alpha value is -0.860. The van der Waals surface area contributed by atoms with E-state index in [2.05, 4.69) is 35.2 Å². The van der Waals surface area contributed by atoms with Gasteiger partial charge in [-0.2, -0.15) is 0 Å². The molecule has 0 bridgehead atoms. The van der Waals surface area contributed by atoms with Gasteiger partial charge < -0.3 is 5.73 Å². The van der Waals surface area contributed by atoms with Crippen LogP contribution in [0.3, 0.4) is 0 Å². The molecule has 0 unspecified atom stereocenters. The molecule has 1 aromatic carbocycles. The second kappa shape index (κ2) is 5.29. The van der Waals surface area contributed by atoms with Gasteiger partial charge in [-0.15, -0.1) is 0 Å². The SMILES string of the molecule is NCN1CCC(Cc2ccccc2)CC1. The standard InChI is InChI=1S/C13H20N2/c14-11-15-8-6-13(7-9-15)10-12-4-2-1-3-5-12/h1-5,13H,6-11,14H2. The normalized spacial score (nSPS) is 19.3. The van der Waals surface area contributed by atoms with Crippen molar-refractivity contribution in [2.75, 3.05) is 19.8 Å². The summed E-state index contributed by atoms with van der Waals surface area (Å²) >= 11 is 0. The molecule has 82 valence electrons. The molecular weight excluding hydrogens is 184 g/mol. The molecule has 0 radical (unpaired) electrons. The van der Waals surface area contributed by atoms with Crippen LogP contribution >= 0.6 is 0 Å². The lowest BCUT2D eigenvalue weighted by atomic mass is 9.90. The maximum Gasteiger partial charge on any atom is 0.0455 e. The number of nitrogens with zero attached hydrogens (tertiary/aromatic N) is 1. The van der Waals surface area contributed by atoms with Crippen LogP contribution in [-0.4, -0.2) is 24.7 Å². The Bertz CT molecular complexity index is 276. The first-order chi connectivity index (χ1) is 7.38.